The standard InChI is InChI=1S/C19H18F3N3O2/c1-12(13-6-5-7-14(10-13)19(20,21)22)23-17(26)11-25-16-9-4-3-8-15(16)24(2)18(25)27/h3-10,12H,11H2,1-2H3,(H,23,26). The number of carbonyl (C=O) groups excluding carboxylic acids is 1. The van der Waals surface area contributed by atoms with Crippen LogP contribution < -0.4 is 11.0 Å². The summed E-state index contributed by atoms with van der Waals surface area (Å²) in [5.74, 6) is -0.460. The van der Waals surface area contributed by atoms with Gasteiger partial charge in [0.05, 0.1) is 22.6 Å². The highest BCUT2D eigenvalue weighted by atomic mass is 19.4. The number of benzene rings is 2. The van der Waals surface area contributed by atoms with E-state index in [2.05, 4.69) is 5.32 Å². The van der Waals surface area contributed by atoms with Crippen LogP contribution in [0.15, 0.2) is 53.3 Å². The first-order valence-corrected chi connectivity index (χ1v) is 8.29. The number of rotatable bonds is 4. The normalized spacial score (nSPS) is 12.9. The highest BCUT2D eigenvalue weighted by Gasteiger charge is 2.30. The first-order valence-electron chi connectivity index (χ1n) is 8.29. The van der Waals surface area contributed by atoms with Gasteiger partial charge in [0.2, 0.25) is 5.91 Å². The van der Waals surface area contributed by atoms with E-state index in [1.54, 1.807) is 38.2 Å². The molecule has 2 aromatic carbocycles. The Labute approximate surface area is 153 Å². The van der Waals surface area contributed by atoms with Crippen molar-refractivity contribution in [3.05, 3.63) is 70.1 Å². The zero-order chi connectivity index (χ0) is 19.8. The van der Waals surface area contributed by atoms with E-state index in [-0.39, 0.29) is 12.2 Å². The second-order valence-electron chi connectivity index (χ2n) is 6.33. The van der Waals surface area contributed by atoms with E-state index in [0.717, 1.165) is 12.1 Å². The molecule has 1 heterocycles. The molecule has 0 bridgehead atoms. The number of nitrogens with zero attached hydrogens (tertiary/aromatic N) is 2. The van der Waals surface area contributed by atoms with Crippen LogP contribution in [0.4, 0.5) is 13.2 Å². The molecule has 0 aliphatic heterocycles. The van der Waals surface area contributed by atoms with Crippen LogP contribution in [0, 0.1) is 0 Å². The van der Waals surface area contributed by atoms with Gasteiger partial charge in [0.1, 0.15) is 6.54 Å². The highest BCUT2D eigenvalue weighted by molar-refractivity contribution is 5.81. The number of hydrogen-bond acceptors (Lipinski definition) is 2. The smallest absolute Gasteiger partial charge is 0.348 e. The van der Waals surface area contributed by atoms with E-state index >= 15 is 0 Å². The van der Waals surface area contributed by atoms with Crippen LogP contribution in [0.1, 0.15) is 24.1 Å². The lowest BCUT2D eigenvalue weighted by Crippen LogP contribution is -2.34. The maximum atomic E-state index is 12.8. The first kappa shape index (κ1) is 18.8. The summed E-state index contributed by atoms with van der Waals surface area (Å²) in [6.45, 7) is 1.38. The molecule has 5 nitrogen and oxygen atoms in total. The molecule has 0 saturated carbocycles. The Morgan fingerprint density at radius 2 is 1.78 bits per heavy atom. The first-order chi connectivity index (χ1) is 12.7. The second kappa shape index (κ2) is 6.94. The lowest BCUT2D eigenvalue weighted by Gasteiger charge is -2.16. The molecule has 0 spiro atoms. The van der Waals surface area contributed by atoms with Gasteiger partial charge in [-0.05, 0) is 36.8 Å². The third-order valence-corrected chi connectivity index (χ3v) is 4.44. The Bertz CT molecular complexity index is 1050. The molecule has 8 heteroatoms. The van der Waals surface area contributed by atoms with Gasteiger partial charge in [-0.1, -0.05) is 24.3 Å². The number of fused-ring (bicyclic) bond motifs is 1. The molecule has 0 radical (unpaired) electrons. The van der Waals surface area contributed by atoms with E-state index in [0.29, 0.717) is 16.6 Å². The molecular weight excluding hydrogens is 359 g/mol. The minimum atomic E-state index is -4.45. The lowest BCUT2D eigenvalue weighted by atomic mass is 10.0. The van der Waals surface area contributed by atoms with Crippen molar-refractivity contribution >= 4 is 16.9 Å². The Morgan fingerprint density at radius 1 is 1.11 bits per heavy atom. The number of alkyl halides is 3. The molecule has 0 aliphatic carbocycles. The number of imidazole rings is 1. The Kier molecular flexibility index (Phi) is 4.82. The van der Waals surface area contributed by atoms with Crippen LogP contribution in [0.3, 0.4) is 0 Å². The Morgan fingerprint density at radius 3 is 2.44 bits per heavy atom. The van der Waals surface area contributed by atoms with Crippen molar-refractivity contribution in [3.63, 3.8) is 0 Å². The van der Waals surface area contributed by atoms with Gasteiger partial charge in [0, 0.05) is 7.05 Å². The maximum Gasteiger partial charge on any atom is 0.416 e. The summed E-state index contributed by atoms with van der Waals surface area (Å²) in [4.78, 5) is 24.7. The van der Waals surface area contributed by atoms with Crippen molar-refractivity contribution in [1.29, 1.82) is 0 Å². The van der Waals surface area contributed by atoms with Crippen molar-refractivity contribution in [1.82, 2.24) is 14.5 Å². The summed E-state index contributed by atoms with van der Waals surface area (Å²) >= 11 is 0. The van der Waals surface area contributed by atoms with Crippen LogP contribution in [0.2, 0.25) is 0 Å². The van der Waals surface area contributed by atoms with Gasteiger partial charge < -0.3 is 5.32 Å². The molecule has 1 unspecified atom stereocenters. The largest absolute Gasteiger partial charge is 0.416 e. The maximum absolute atomic E-state index is 12.8. The summed E-state index contributed by atoms with van der Waals surface area (Å²) in [6, 6.07) is 11.2. The third-order valence-electron chi connectivity index (χ3n) is 4.44. The van der Waals surface area contributed by atoms with E-state index in [1.807, 2.05) is 0 Å². The summed E-state index contributed by atoms with van der Waals surface area (Å²) in [6.07, 6.45) is -4.45. The molecule has 0 fully saturated rings. The van der Waals surface area contributed by atoms with E-state index in [9.17, 15) is 22.8 Å². The Hall–Kier alpha value is -3.03. The average molecular weight is 377 g/mol. The predicted molar refractivity (Wildman–Crippen MR) is 95.2 cm³/mol. The van der Waals surface area contributed by atoms with Gasteiger partial charge in [0.15, 0.2) is 0 Å². The molecule has 1 amide bonds. The van der Waals surface area contributed by atoms with Crippen molar-refractivity contribution < 1.29 is 18.0 Å². The molecular formula is C19H18F3N3O2. The fourth-order valence-electron chi connectivity index (χ4n) is 3.01. The average Bonchev–Trinajstić information content (AvgIpc) is 2.86. The number of halogens is 3. The minimum absolute atomic E-state index is 0.219. The fraction of sp³-hybridized carbons (Fsp3) is 0.263. The molecule has 3 rings (SSSR count). The number of aryl methyl sites for hydroxylation is 1. The van der Waals surface area contributed by atoms with E-state index in [4.69, 9.17) is 0 Å². The second-order valence-corrected chi connectivity index (χ2v) is 6.33. The number of hydrogen-bond donors (Lipinski definition) is 1. The molecule has 27 heavy (non-hydrogen) atoms. The van der Waals surface area contributed by atoms with Gasteiger partial charge in [-0.2, -0.15) is 13.2 Å². The van der Waals surface area contributed by atoms with Crippen LogP contribution in [0.25, 0.3) is 11.0 Å². The molecule has 0 saturated heterocycles. The zero-order valence-corrected chi connectivity index (χ0v) is 14.7. The zero-order valence-electron chi connectivity index (χ0n) is 14.7. The monoisotopic (exact) mass is 377 g/mol. The fourth-order valence-corrected chi connectivity index (χ4v) is 3.01. The Balaban J connectivity index is 1.79. The van der Waals surface area contributed by atoms with Crippen LogP contribution in [-0.4, -0.2) is 15.0 Å². The number of para-hydroxylation sites is 2. The molecule has 1 aromatic heterocycles. The summed E-state index contributed by atoms with van der Waals surface area (Å²) in [5.41, 5.74) is 0.543. The lowest BCUT2D eigenvalue weighted by molar-refractivity contribution is -0.137. The van der Waals surface area contributed by atoms with Crippen molar-refractivity contribution in [3.8, 4) is 0 Å². The summed E-state index contributed by atoms with van der Waals surface area (Å²) in [5, 5.41) is 2.65. The van der Waals surface area contributed by atoms with Crippen LogP contribution in [-0.2, 0) is 24.6 Å². The molecule has 1 atom stereocenters. The summed E-state index contributed by atoms with van der Waals surface area (Å²) in [7, 11) is 1.62. The predicted octanol–water partition coefficient (Wildman–Crippen LogP) is 3.24. The third kappa shape index (κ3) is 3.74. The SMILES string of the molecule is CC(NC(=O)Cn1c(=O)n(C)c2ccccc21)c1cccc(C(F)(F)F)c1. The minimum Gasteiger partial charge on any atom is -0.348 e. The number of carbonyl (C=O) groups is 1. The quantitative estimate of drug-likeness (QED) is 0.759. The highest BCUT2D eigenvalue weighted by Crippen LogP contribution is 2.30. The van der Waals surface area contributed by atoms with Gasteiger partial charge in [0.25, 0.3) is 0 Å². The molecule has 1 N–H and O–H groups in total. The van der Waals surface area contributed by atoms with E-state index < -0.39 is 23.7 Å². The van der Waals surface area contributed by atoms with Gasteiger partial charge in [-0.15, -0.1) is 0 Å². The van der Waals surface area contributed by atoms with Crippen molar-refractivity contribution in [2.45, 2.75) is 25.7 Å². The molecule has 3 aromatic rings. The molecule has 0 aliphatic rings. The van der Waals surface area contributed by atoms with E-state index in [1.165, 1.54) is 21.3 Å². The van der Waals surface area contributed by atoms with Crippen molar-refractivity contribution in [2.24, 2.45) is 7.05 Å². The topological polar surface area (TPSA) is 56.0 Å². The summed E-state index contributed by atoms with van der Waals surface area (Å²) < 4.78 is 41.3. The number of aromatic nitrogens is 2. The van der Waals surface area contributed by atoms with Crippen molar-refractivity contribution in [2.75, 3.05) is 0 Å². The van der Waals surface area contributed by atoms with Crippen LogP contribution in [0.5, 0.6) is 0 Å². The number of amides is 1. The van der Waals surface area contributed by atoms with Gasteiger partial charge >= 0.3 is 11.9 Å². The van der Waals surface area contributed by atoms with Crippen LogP contribution >= 0.6 is 0 Å². The number of nitrogens with one attached hydrogen (secondary N) is 1. The van der Waals surface area contributed by atoms with Gasteiger partial charge in [-0.3, -0.25) is 13.9 Å². The van der Waals surface area contributed by atoms with Gasteiger partial charge in [-0.25, -0.2) is 4.79 Å². The molecule has 142 valence electrons.